The Morgan fingerprint density at radius 1 is 1.18 bits per heavy atom. The van der Waals surface area contributed by atoms with Crippen LogP contribution in [0.5, 0.6) is 5.75 Å². The Balaban J connectivity index is 1.81. The fraction of sp³-hybridized carbons (Fsp3) is 0.519. The highest BCUT2D eigenvalue weighted by molar-refractivity contribution is 6.12. The van der Waals surface area contributed by atoms with Gasteiger partial charge in [-0.05, 0) is 69.6 Å². The molecular weight excluding hydrogens is 434 g/mol. The van der Waals surface area contributed by atoms with Gasteiger partial charge in [0.15, 0.2) is 5.78 Å². The zero-order valence-electron chi connectivity index (χ0n) is 20.3. The molecule has 0 amide bonds. The molecule has 3 unspecified atom stereocenters. The molecule has 3 atom stereocenters. The van der Waals surface area contributed by atoms with E-state index in [1.54, 1.807) is 0 Å². The van der Waals surface area contributed by atoms with Crippen molar-refractivity contribution >= 4 is 17.7 Å². The predicted molar refractivity (Wildman–Crippen MR) is 126 cm³/mol. The summed E-state index contributed by atoms with van der Waals surface area (Å²) in [6, 6.07) is 7.44. The highest BCUT2D eigenvalue weighted by Gasteiger charge is 2.47. The van der Waals surface area contributed by atoms with Crippen LogP contribution >= 0.6 is 0 Å². The fourth-order valence-corrected chi connectivity index (χ4v) is 5.46. The normalized spacial score (nSPS) is 25.1. The number of Topliss-reactive ketones (excluding diaryl/α,β-unsaturated/α-hetero) is 1. The van der Waals surface area contributed by atoms with Crippen molar-refractivity contribution in [1.82, 2.24) is 5.32 Å². The van der Waals surface area contributed by atoms with Crippen LogP contribution in [-0.2, 0) is 23.9 Å². The van der Waals surface area contributed by atoms with E-state index in [-0.39, 0.29) is 17.8 Å². The molecule has 0 aromatic heterocycles. The summed E-state index contributed by atoms with van der Waals surface area (Å²) in [7, 11) is 1.29. The van der Waals surface area contributed by atoms with E-state index < -0.39 is 23.8 Å². The molecular formula is C27H33NO6. The van der Waals surface area contributed by atoms with Crippen LogP contribution in [-0.4, -0.2) is 37.5 Å². The number of esters is 2. The summed E-state index contributed by atoms with van der Waals surface area (Å²) < 4.78 is 16.5. The lowest BCUT2D eigenvalue weighted by atomic mass is 9.69. The number of hydrogen-bond donors (Lipinski definition) is 1. The monoisotopic (exact) mass is 467 g/mol. The Morgan fingerprint density at radius 2 is 1.91 bits per heavy atom. The number of carbonyl (C=O) groups is 3. The number of ether oxygens (including phenoxy) is 3. The Kier molecular flexibility index (Phi) is 7.10. The van der Waals surface area contributed by atoms with E-state index in [0.29, 0.717) is 35.6 Å². The average Bonchev–Trinajstić information content (AvgIpc) is 3.31. The van der Waals surface area contributed by atoms with Gasteiger partial charge < -0.3 is 19.5 Å². The number of rotatable bonds is 6. The van der Waals surface area contributed by atoms with Gasteiger partial charge in [0.1, 0.15) is 17.8 Å². The molecule has 1 N–H and O–H groups in total. The third kappa shape index (κ3) is 4.48. The first-order valence-electron chi connectivity index (χ1n) is 12.1. The van der Waals surface area contributed by atoms with Gasteiger partial charge in [-0.3, -0.25) is 9.59 Å². The maximum atomic E-state index is 13.8. The summed E-state index contributed by atoms with van der Waals surface area (Å²) in [6.07, 6.45) is 4.19. The molecule has 7 nitrogen and oxygen atoms in total. The van der Waals surface area contributed by atoms with Crippen molar-refractivity contribution in [3.8, 4) is 5.75 Å². The largest absolute Gasteiger partial charge is 0.494 e. The third-order valence-electron chi connectivity index (χ3n) is 7.04. The van der Waals surface area contributed by atoms with Gasteiger partial charge in [-0.1, -0.05) is 19.1 Å². The molecule has 0 saturated heterocycles. The van der Waals surface area contributed by atoms with Crippen LogP contribution in [0.3, 0.4) is 0 Å². The van der Waals surface area contributed by atoms with Crippen LogP contribution in [0.15, 0.2) is 46.8 Å². The molecule has 1 saturated carbocycles. The zero-order valence-corrected chi connectivity index (χ0v) is 20.3. The summed E-state index contributed by atoms with van der Waals surface area (Å²) >= 11 is 0. The van der Waals surface area contributed by atoms with E-state index >= 15 is 0 Å². The molecule has 2 aliphatic carbocycles. The van der Waals surface area contributed by atoms with Gasteiger partial charge in [-0.25, -0.2) is 4.79 Å². The SMILES string of the molecule is CCOc1cccc(C2C(C(=O)OC3CCCC3)=C(C)NC3=C2C(=O)C(C(=O)OC)C(C)C3)c1. The van der Waals surface area contributed by atoms with Gasteiger partial charge >= 0.3 is 11.9 Å². The van der Waals surface area contributed by atoms with Crippen molar-refractivity contribution in [1.29, 1.82) is 0 Å². The summed E-state index contributed by atoms with van der Waals surface area (Å²) in [6.45, 7) is 6.11. The molecule has 1 aromatic carbocycles. The summed E-state index contributed by atoms with van der Waals surface area (Å²) in [5.41, 5.74) is 3.02. The second-order valence-corrected chi connectivity index (χ2v) is 9.35. The minimum absolute atomic E-state index is 0.108. The summed E-state index contributed by atoms with van der Waals surface area (Å²) in [4.78, 5) is 39.8. The first kappa shape index (κ1) is 24.0. The quantitative estimate of drug-likeness (QED) is 0.496. The van der Waals surface area contributed by atoms with Crippen molar-refractivity contribution in [3.63, 3.8) is 0 Å². The van der Waals surface area contributed by atoms with Gasteiger partial charge in [0.2, 0.25) is 0 Å². The molecule has 0 spiro atoms. The summed E-state index contributed by atoms with van der Waals surface area (Å²) in [5, 5.41) is 3.31. The van der Waals surface area contributed by atoms with Gasteiger partial charge in [-0.15, -0.1) is 0 Å². The minimum atomic E-state index is -0.909. The number of carbonyl (C=O) groups excluding carboxylic acids is 3. The molecule has 1 aromatic rings. The number of dihydropyridines is 1. The highest BCUT2D eigenvalue weighted by Crippen LogP contribution is 2.46. The lowest BCUT2D eigenvalue weighted by Crippen LogP contribution is -2.43. The molecule has 7 heteroatoms. The second-order valence-electron chi connectivity index (χ2n) is 9.35. The van der Waals surface area contributed by atoms with E-state index in [0.717, 1.165) is 36.9 Å². The van der Waals surface area contributed by atoms with E-state index in [9.17, 15) is 14.4 Å². The number of allylic oxidation sites excluding steroid dienone is 3. The van der Waals surface area contributed by atoms with Crippen LogP contribution in [0.2, 0.25) is 0 Å². The van der Waals surface area contributed by atoms with Crippen LogP contribution in [0.1, 0.15) is 64.4 Å². The smallest absolute Gasteiger partial charge is 0.337 e. The molecule has 1 heterocycles. The van der Waals surface area contributed by atoms with Crippen molar-refractivity contribution < 1.29 is 28.6 Å². The molecule has 0 radical (unpaired) electrons. The number of nitrogens with one attached hydrogen (secondary N) is 1. The number of methoxy groups -OCH3 is 1. The molecule has 1 fully saturated rings. The first-order chi connectivity index (χ1) is 16.3. The molecule has 3 aliphatic rings. The zero-order chi connectivity index (χ0) is 24.4. The van der Waals surface area contributed by atoms with Gasteiger partial charge in [0.05, 0.1) is 19.3 Å². The Morgan fingerprint density at radius 3 is 2.59 bits per heavy atom. The second kappa shape index (κ2) is 10.0. The summed E-state index contributed by atoms with van der Waals surface area (Å²) in [5.74, 6) is -2.40. The first-order valence-corrected chi connectivity index (χ1v) is 12.1. The number of hydrogen-bond acceptors (Lipinski definition) is 7. The maximum Gasteiger partial charge on any atom is 0.337 e. The molecule has 34 heavy (non-hydrogen) atoms. The molecule has 1 aliphatic heterocycles. The van der Waals surface area contributed by atoms with Gasteiger partial charge in [-0.2, -0.15) is 0 Å². The van der Waals surface area contributed by atoms with Crippen LogP contribution < -0.4 is 10.1 Å². The van der Waals surface area contributed by atoms with Gasteiger partial charge in [0.25, 0.3) is 0 Å². The number of benzene rings is 1. The van der Waals surface area contributed by atoms with Crippen LogP contribution in [0, 0.1) is 11.8 Å². The average molecular weight is 468 g/mol. The Labute approximate surface area is 200 Å². The van der Waals surface area contributed by atoms with Crippen molar-refractivity contribution in [3.05, 3.63) is 52.4 Å². The molecule has 182 valence electrons. The van der Waals surface area contributed by atoms with E-state index in [4.69, 9.17) is 14.2 Å². The Hall–Kier alpha value is -3.09. The lowest BCUT2D eigenvalue weighted by molar-refractivity contribution is -0.151. The lowest BCUT2D eigenvalue weighted by Gasteiger charge is -2.38. The standard InChI is InChI=1S/C27H33NO6/c1-5-33-19-12-8-9-17(14-19)23-22(27(31)34-18-10-6-7-11-18)16(3)28-20-13-15(2)21(26(30)32-4)25(29)24(20)23/h8-9,12,14-15,18,21,23,28H,5-7,10-11,13H2,1-4H3. The molecule has 0 bridgehead atoms. The van der Waals surface area contributed by atoms with Crippen LogP contribution in [0.4, 0.5) is 0 Å². The number of ketones is 1. The maximum absolute atomic E-state index is 13.8. The van der Waals surface area contributed by atoms with E-state index in [1.165, 1.54) is 7.11 Å². The fourth-order valence-electron chi connectivity index (χ4n) is 5.46. The highest BCUT2D eigenvalue weighted by atomic mass is 16.5. The van der Waals surface area contributed by atoms with Crippen molar-refractivity contribution in [2.75, 3.05) is 13.7 Å². The van der Waals surface area contributed by atoms with E-state index in [2.05, 4.69) is 5.32 Å². The topological polar surface area (TPSA) is 90.9 Å². The third-order valence-corrected chi connectivity index (χ3v) is 7.04. The molecule has 4 rings (SSSR count). The Bertz CT molecular complexity index is 1050. The van der Waals surface area contributed by atoms with Gasteiger partial charge in [0, 0.05) is 22.9 Å². The van der Waals surface area contributed by atoms with Crippen molar-refractivity contribution in [2.24, 2.45) is 11.8 Å². The van der Waals surface area contributed by atoms with Crippen LogP contribution in [0.25, 0.3) is 0 Å². The minimum Gasteiger partial charge on any atom is -0.494 e. The van der Waals surface area contributed by atoms with Crippen molar-refractivity contribution in [2.45, 2.75) is 64.9 Å². The van der Waals surface area contributed by atoms with E-state index in [1.807, 2.05) is 45.0 Å². The predicted octanol–water partition coefficient (Wildman–Crippen LogP) is 4.18.